The maximum absolute atomic E-state index is 14.7. The fourth-order valence-electron chi connectivity index (χ4n) is 2.95. The number of fused-ring (bicyclic) bond motifs is 1. The number of methoxy groups -OCH3 is 1. The molecule has 1 fully saturated rings. The van der Waals surface area contributed by atoms with Crippen LogP contribution in [0.3, 0.4) is 0 Å². The van der Waals surface area contributed by atoms with Crippen LogP contribution in [-0.4, -0.2) is 29.3 Å². The van der Waals surface area contributed by atoms with Gasteiger partial charge in [0.05, 0.1) is 12.8 Å². The third-order valence-corrected chi connectivity index (χ3v) is 4.48. The van der Waals surface area contributed by atoms with Crippen molar-refractivity contribution in [1.29, 1.82) is 0 Å². The molecule has 27 heavy (non-hydrogen) atoms. The Morgan fingerprint density at radius 1 is 1.22 bits per heavy atom. The lowest BCUT2D eigenvalue weighted by Crippen LogP contribution is -2.27. The molecule has 3 aromatic rings. The molecule has 1 saturated carbocycles. The number of carbonyl (C=O) groups is 1. The third kappa shape index (κ3) is 3.03. The summed E-state index contributed by atoms with van der Waals surface area (Å²) >= 11 is 0. The SMILES string of the molecule is COc1ccc(F)cc1-c1c(F)ccc2c(N)c(C(=O)NC3CC3)nnc12. The van der Waals surface area contributed by atoms with Gasteiger partial charge in [0.25, 0.3) is 5.91 Å². The molecule has 1 aliphatic carbocycles. The number of nitrogens with two attached hydrogens (primary N) is 1. The average Bonchev–Trinajstić information content (AvgIpc) is 3.45. The number of hydrogen-bond donors (Lipinski definition) is 2. The smallest absolute Gasteiger partial charge is 0.274 e. The van der Waals surface area contributed by atoms with Crippen molar-refractivity contribution in [3.8, 4) is 16.9 Å². The number of nitrogens with zero attached hydrogens (tertiary/aromatic N) is 2. The summed E-state index contributed by atoms with van der Waals surface area (Å²) in [5, 5.41) is 11.1. The number of halogens is 2. The first-order valence-electron chi connectivity index (χ1n) is 8.38. The lowest BCUT2D eigenvalue weighted by Gasteiger charge is -2.13. The number of nitrogens with one attached hydrogen (secondary N) is 1. The molecule has 1 heterocycles. The van der Waals surface area contributed by atoms with Gasteiger partial charge in [0.2, 0.25) is 0 Å². The monoisotopic (exact) mass is 370 g/mol. The van der Waals surface area contributed by atoms with Gasteiger partial charge in [-0.25, -0.2) is 8.78 Å². The summed E-state index contributed by atoms with van der Waals surface area (Å²) in [6.45, 7) is 0. The Hall–Kier alpha value is -3.29. The van der Waals surface area contributed by atoms with Crippen molar-refractivity contribution in [2.45, 2.75) is 18.9 Å². The number of ether oxygens (including phenoxy) is 1. The maximum atomic E-state index is 14.7. The zero-order chi connectivity index (χ0) is 19.1. The molecule has 1 amide bonds. The normalized spacial score (nSPS) is 13.6. The Morgan fingerprint density at radius 3 is 2.70 bits per heavy atom. The van der Waals surface area contributed by atoms with Crippen molar-refractivity contribution in [2.24, 2.45) is 0 Å². The zero-order valence-corrected chi connectivity index (χ0v) is 14.4. The lowest BCUT2D eigenvalue weighted by atomic mass is 9.99. The summed E-state index contributed by atoms with van der Waals surface area (Å²) < 4.78 is 33.7. The lowest BCUT2D eigenvalue weighted by molar-refractivity contribution is 0.0946. The third-order valence-electron chi connectivity index (χ3n) is 4.48. The highest BCUT2D eigenvalue weighted by atomic mass is 19.1. The highest BCUT2D eigenvalue weighted by Gasteiger charge is 2.27. The minimum Gasteiger partial charge on any atom is -0.496 e. The molecule has 4 rings (SSSR count). The van der Waals surface area contributed by atoms with Gasteiger partial charge >= 0.3 is 0 Å². The Balaban J connectivity index is 1.92. The molecular formula is C19H16F2N4O2. The topological polar surface area (TPSA) is 90.1 Å². The van der Waals surface area contributed by atoms with E-state index in [1.165, 1.54) is 31.4 Å². The van der Waals surface area contributed by atoms with Crippen LogP contribution < -0.4 is 15.8 Å². The van der Waals surface area contributed by atoms with Crippen LogP contribution in [0.5, 0.6) is 5.75 Å². The molecule has 0 saturated heterocycles. The summed E-state index contributed by atoms with van der Waals surface area (Å²) in [5.74, 6) is -1.32. The van der Waals surface area contributed by atoms with E-state index < -0.39 is 17.5 Å². The number of anilines is 1. The predicted molar refractivity (Wildman–Crippen MR) is 96.3 cm³/mol. The van der Waals surface area contributed by atoms with Crippen LogP contribution in [0.15, 0.2) is 30.3 Å². The van der Waals surface area contributed by atoms with Gasteiger partial charge in [0, 0.05) is 22.6 Å². The van der Waals surface area contributed by atoms with Crippen molar-refractivity contribution >= 4 is 22.5 Å². The van der Waals surface area contributed by atoms with Crippen LogP contribution in [0, 0.1) is 11.6 Å². The Kier molecular flexibility index (Phi) is 4.10. The van der Waals surface area contributed by atoms with Gasteiger partial charge < -0.3 is 15.8 Å². The Labute approximate surface area is 153 Å². The highest BCUT2D eigenvalue weighted by Crippen LogP contribution is 2.38. The molecule has 2 aromatic carbocycles. The van der Waals surface area contributed by atoms with Crippen molar-refractivity contribution in [3.63, 3.8) is 0 Å². The van der Waals surface area contributed by atoms with Gasteiger partial charge in [-0.2, -0.15) is 0 Å². The molecule has 138 valence electrons. The quantitative estimate of drug-likeness (QED) is 0.737. The maximum Gasteiger partial charge on any atom is 0.274 e. The van der Waals surface area contributed by atoms with Gasteiger partial charge in [0.15, 0.2) is 5.69 Å². The van der Waals surface area contributed by atoms with E-state index in [9.17, 15) is 13.6 Å². The standard InChI is InChI=1S/C19H16F2N4O2/c1-27-14-7-2-9(20)8-12(14)15-13(21)6-5-11-16(22)18(25-24-17(11)15)19(26)23-10-3-4-10/h2,5-8,10H,3-4H2,1H3,(H2,22,24)(H,23,26). The van der Waals surface area contributed by atoms with Gasteiger partial charge in [-0.05, 0) is 43.2 Å². The molecular weight excluding hydrogens is 354 g/mol. The van der Waals surface area contributed by atoms with Crippen LogP contribution in [0.4, 0.5) is 14.5 Å². The molecule has 6 nitrogen and oxygen atoms in total. The molecule has 0 atom stereocenters. The van der Waals surface area contributed by atoms with Crippen molar-refractivity contribution in [2.75, 3.05) is 12.8 Å². The van der Waals surface area contributed by atoms with Gasteiger partial charge in [-0.3, -0.25) is 4.79 Å². The van der Waals surface area contributed by atoms with Crippen LogP contribution in [0.25, 0.3) is 22.0 Å². The molecule has 8 heteroatoms. The van der Waals surface area contributed by atoms with Crippen molar-refractivity contribution in [1.82, 2.24) is 15.5 Å². The first kappa shape index (κ1) is 17.1. The van der Waals surface area contributed by atoms with Crippen molar-refractivity contribution in [3.05, 3.63) is 47.7 Å². The van der Waals surface area contributed by atoms with Crippen LogP contribution in [0.2, 0.25) is 0 Å². The fourth-order valence-corrected chi connectivity index (χ4v) is 2.95. The number of benzene rings is 2. The summed E-state index contributed by atoms with van der Waals surface area (Å²) in [6, 6.07) is 6.53. The Morgan fingerprint density at radius 2 is 2.00 bits per heavy atom. The van der Waals surface area contributed by atoms with Crippen LogP contribution in [-0.2, 0) is 0 Å². The summed E-state index contributed by atoms with van der Waals surface area (Å²) in [5.41, 5.74) is 6.52. The summed E-state index contributed by atoms with van der Waals surface area (Å²) in [7, 11) is 1.40. The van der Waals surface area contributed by atoms with Gasteiger partial charge in [0.1, 0.15) is 22.9 Å². The molecule has 0 spiro atoms. The predicted octanol–water partition coefficient (Wildman–Crippen LogP) is 3.06. The molecule has 0 bridgehead atoms. The molecule has 3 N–H and O–H groups in total. The van der Waals surface area contributed by atoms with E-state index in [1.54, 1.807) is 0 Å². The number of nitrogen functional groups attached to an aromatic ring is 1. The first-order chi connectivity index (χ1) is 13.0. The van der Waals surface area contributed by atoms with E-state index in [2.05, 4.69) is 15.5 Å². The largest absolute Gasteiger partial charge is 0.496 e. The highest BCUT2D eigenvalue weighted by molar-refractivity contribution is 6.08. The number of carbonyl (C=O) groups excluding carboxylic acids is 1. The van der Waals surface area contributed by atoms with Gasteiger partial charge in [-0.15, -0.1) is 10.2 Å². The van der Waals surface area contributed by atoms with E-state index in [1.807, 2.05) is 0 Å². The summed E-state index contributed by atoms with van der Waals surface area (Å²) in [4.78, 5) is 12.3. The zero-order valence-electron chi connectivity index (χ0n) is 14.4. The second kappa shape index (κ2) is 6.46. The molecule has 0 aliphatic heterocycles. The van der Waals surface area contributed by atoms with E-state index in [0.29, 0.717) is 5.39 Å². The van der Waals surface area contributed by atoms with Gasteiger partial charge in [-0.1, -0.05) is 0 Å². The van der Waals surface area contributed by atoms with E-state index in [-0.39, 0.29) is 39.8 Å². The van der Waals surface area contributed by atoms with E-state index >= 15 is 0 Å². The fraction of sp³-hybridized carbons (Fsp3) is 0.211. The first-order valence-corrected chi connectivity index (χ1v) is 8.38. The molecule has 0 radical (unpaired) electrons. The number of amides is 1. The second-order valence-corrected chi connectivity index (χ2v) is 6.37. The molecule has 0 unspecified atom stereocenters. The van der Waals surface area contributed by atoms with E-state index in [0.717, 1.165) is 18.9 Å². The average molecular weight is 370 g/mol. The van der Waals surface area contributed by atoms with Crippen molar-refractivity contribution < 1.29 is 18.3 Å². The van der Waals surface area contributed by atoms with Crippen LogP contribution in [0.1, 0.15) is 23.3 Å². The number of hydrogen-bond acceptors (Lipinski definition) is 5. The number of aromatic nitrogens is 2. The van der Waals surface area contributed by atoms with E-state index in [4.69, 9.17) is 10.5 Å². The van der Waals surface area contributed by atoms with Crippen LogP contribution >= 0.6 is 0 Å². The molecule has 1 aromatic heterocycles. The minimum absolute atomic E-state index is 0.0113. The minimum atomic E-state index is -0.629. The number of rotatable bonds is 4. The summed E-state index contributed by atoms with van der Waals surface area (Å²) in [6.07, 6.45) is 1.84. The second-order valence-electron chi connectivity index (χ2n) is 6.37. The Bertz CT molecular complexity index is 1070. The molecule has 1 aliphatic rings.